The zero-order chi connectivity index (χ0) is 19.7. The molecule has 7 nitrogen and oxygen atoms in total. The topological polar surface area (TPSA) is 111 Å². The van der Waals surface area contributed by atoms with Crippen molar-refractivity contribution >= 4 is 30.8 Å². The summed E-state index contributed by atoms with van der Waals surface area (Å²) in [6, 6.07) is 4.73. The Hall–Kier alpha value is -2.32. The number of rotatable bonds is 5. The van der Waals surface area contributed by atoms with Crippen LogP contribution in [0, 0.1) is 0 Å². The van der Waals surface area contributed by atoms with E-state index in [0.717, 1.165) is 0 Å². The van der Waals surface area contributed by atoms with Crippen molar-refractivity contribution in [3.63, 3.8) is 0 Å². The number of hydrogen-bond donors (Lipinski definition) is 3. The third kappa shape index (κ3) is 4.26. The van der Waals surface area contributed by atoms with E-state index in [1.165, 1.54) is 19.1 Å². The van der Waals surface area contributed by atoms with Crippen LogP contribution in [-0.4, -0.2) is 41.8 Å². The molecule has 0 spiro atoms. The predicted molar refractivity (Wildman–Crippen MR) is 101 cm³/mol. The highest BCUT2D eigenvalue weighted by molar-refractivity contribution is 6.56. The summed E-state index contributed by atoms with van der Waals surface area (Å²) in [4.78, 5) is 22.6. The number of aromatic carboxylic acids is 1. The molecule has 1 aromatic rings. The third-order valence-corrected chi connectivity index (χ3v) is 4.76. The van der Waals surface area contributed by atoms with Gasteiger partial charge in [-0.15, -0.1) is 0 Å². The van der Waals surface area contributed by atoms with Gasteiger partial charge in [-0.2, -0.15) is 0 Å². The Morgan fingerprint density at radius 3 is 2.31 bits per heavy atom. The van der Waals surface area contributed by atoms with Crippen molar-refractivity contribution in [1.29, 1.82) is 0 Å². The van der Waals surface area contributed by atoms with Gasteiger partial charge in [0.15, 0.2) is 0 Å². The maximum atomic E-state index is 11.3. The summed E-state index contributed by atoms with van der Waals surface area (Å²) < 4.78 is 12.1. The second kappa shape index (κ2) is 7.13. The molecule has 0 saturated carbocycles. The number of nitrogens with one attached hydrogen (secondary N) is 1. The zero-order valence-corrected chi connectivity index (χ0v) is 15.8. The lowest BCUT2D eigenvalue weighted by Crippen LogP contribution is -2.41. The van der Waals surface area contributed by atoms with Gasteiger partial charge in [-0.25, -0.2) is 4.79 Å². The molecule has 0 unspecified atom stereocenters. The Morgan fingerprint density at radius 1 is 1.23 bits per heavy atom. The molecule has 1 aliphatic rings. The number of benzene rings is 1. The number of carbonyl (C=O) groups excluding carboxylic acids is 1. The highest BCUT2D eigenvalue weighted by Crippen LogP contribution is 2.38. The molecule has 0 atom stereocenters. The Morgan fingerprint density at radius 2 is 1.81 bits per heavy atom. The van der Waals surface area contributed by atoms with Crippen molar-refractivity contribution in [1.82, 2.24) is 5.32 Å². The lowest BCUT2D eigenvalue weighted by molar-refractivity contribution is -0.118. The number of carboxylic acids is 1. The van der Waals surface area contributed by atoms with Crippen LogP contribution < -0.4 is 11.1 Å². The van der Waals surface area contributed by atoms with Crippen molar-refractivity contribution < 1.29 is 24.0 Å². The standard InChI is InChI=1S/C18H25BN2O5/c1-11(22)21-10-13(19-25-17(2,3)18(4,5)26-19)8-12-6-7-15(20)14(9-12)16(23)24/h6-9H,10,20H2,1-5H3,(H,21,22)(H,23,24). The van der Waals surface area contributed by atoms with Gasteiger partial charge in [-0.05, 0) is 50.9 Å². The number of anilines is 1. The number of nitrogens with two attached hydrogens (primary N) is 1. The molecule has 1 fully saturated rings. The van der Waals surface area contributed by atoms with Crippen LogP contribution in [0.25, 0.3) is 6.08 Å². The first kappa shape index (κ1) is 20.0. The van der Waals surface area contributed by atoms with E-state index >= 15 is 0 Å². The molecule has 2 rings (SSSR count). The number of carboxylic acid groups (broad SMARTS) is 1. The Balaban J connectivity index is 2.39. The number of hydrogen-bond acceptors (Lipinski definition) is 5. The first-order valence-electron chi connectivity index (χ1n) is 8.36. The third-order valence-electron chi connectivity index (χ3n) is 4.76. The van der Waals surface area contributed by atoms with Gasteiger partial charge in [-0.3, -0.25) is 4.79 Å². The smallest absolute Gasteiger partial charge is 0.478 e. The van der Waals surface area contributed by atoms with Gasteiger partial charge in [-0.1, -0.05) is 12.1 Å². The second-order valence-corrected chi connectivity index (χ2v) is 7.37. The summed E-state index contributed by atoms with van der Waals surface area (Å²) >= 11 is 0. The zero-order valence-electron chi connectivity index (χ0n) is 15.8. The molecule has 26 heavy (non-hydrogen) atoms. The lowest BCUT2D eigenvalue weighted by Gasteiger charge is -2.32. The van der Waals surface area contributed by atoms with Gasteiger partial charge < -0.3 is 25.5 Å². The van der Waals surface area contributed by atoms with Crippen LogP contribution in [0.4, 0.5) is 5.69 Å². The summed E-state index contributed by atoms with van der Waals surface area (Å²) in [5.41, 5.74) is 6.17. The van der Waals surface area contributed by atoms with Crippen molar-refractivity contribution in [2.75, 3.05) is 12.3 Å². The van der Waals surface area contributed by atoms with Crippen LogP contribution in [0.2, 0.25) is 0 Å². The minimum atomic E-state index is -1.10. The number of amides is 1. The summed E-state index contributed by atoms with van der Waals surface area (Å²) in [5, 5.41) is 12.0. The summed E-state index contributed by atoms with van der Waals surface area (Å²) in [6.07, 6.45) is 1.75. The minimum Gasteiger partial charge on any atom is -0.478 e. The highest BCUT2D eigenvalue weighted by Gasteiger charge is 2.52. The number of carbonyl (C=O) groups is 2. The predicted octanol–water partition coefficient (Wildman–Crippen LogP) is 2.12. The molecular weight excluding hydrogens is 335 g/mol. The van der Waals surface area contributed by atoms with Crippen LogP contribution in [-0.2, 0) is 14.1 Å². The van der Waals surface area contributed by atoms with E-state index < -0.39 is 24.3 Å². The normalized spacial score (nSPS) is 18.7. The molecule has 4 N–H and O–H groups in total. The van der Waals surface area contributed by atoms with Gasteiger partial charge in [0.2, 0.25) is 5.91 Å². The van der Waals surface area contributed by atoms with Gasteiger partial charge in [0.05, 0.1) is 16.8 Å². The highest BCUT2D eigenvalue weighted by atomic mass is 16.7. The molecule has 0 bridgehead atoms. The van der Waals surface area contributed by atoms with Gasteiger partial charge in [0.1, 0.15) is 0 Å². The molecule has 140 valence electrons. The number of nitrogen functional groups attached to an aromatic ring is 1. The molecule has 0 aliphatic carbocycles. The quantitative estimate of drug-likeness (QED) is 0.548. The summed E-state index contributed by atoms with van der Waals surface area (Å²) in [7, 11) is -0.655. The second-order valence-electron chi connectivity index (χ2n) is 7.37. The van der Waals surface area contributed by atoms with Crippen LogP contribution in [0.15, 0.2) is 23.7 Å². The maximum Gasteiger partial charge on any atom is 0.492 e. The monoisotopic (exact) mass is 360 g/mol. The fourth-order valence-corrected chi connectivity index (χ4v) is 2.49. The van der Waals surface area contributed by atoms with Crippen molar-refractivity contribution in [2.45, 2.75) is 45.8 Å². The SMILES string of the molecule is CC(=O)NCC(=Cc1ccc(N)c(C(=O)O)c1)B1OC(C)(C)C(C)(C)O1. The molecule has 0 aromatic heterocycles. The van der Waals surface area contributed by atoms with Crippen LogP contribution in [0.5, 0.6) is 0 Å². The van der Waals surface area contributed by atoms with Gasteiger partial charge in [0.25, 0.3) is 0 Å². The van der Waals surface area contributed by atoms with Gasteiger partial charge in [0, 0.05) is 19.2 Å². The molecule has 1 amide bonds. The van der Waals surface area contributed by atoms with E-state index in [1.54, 1.807) is 12.1 Å². The average Bonchev–Trinajstić information content (AvgIpc) is 2.72. The fourth-order valence-electron chi connectivity index (χ4n) is 2.49. The maximum absolute atomic E-state index is 11.3. The Labute approximate surface area is 153 Å². The molecule has 0 radical (unpaired) electrons. The van der Waals surface area contributed by atoms with Crippen LogP contribution >= 0.6 is 0 Å². The summed E-state index contributed by atoms with van der Waals surface area (Å²) in [5.74, 6) is -1.28. The van der Waals surface area contributed by atoms with Crippen LogP contribution in [0.1, 0.15) is 50.5 Å². The van der Waals surface area contributed by atoms with E-state index in [9.17, 15) is 14.7 Å². The molecule has 1 aromatic carbocycles. The van der Waals surface area contributed by atoms with E-state index in [2.05, 4.69) is 5.32 Å². The van der Waals surface area contributed by atoms with E-state index in [1.807, 2.05) is 27.7 Å². The van der Waals surface area contributed by atoms with E-state index in [4.69, 9.17) is 15.0 Å². The first-order valence-corrected chi connectivity index (χ1v) is 8.36. The van der Waals surface area contributed by atoms with Crippen molar-refractivity contribution in [2.24, 2.45) is 0 Å². The first-order chi connectivity index (χ1) is 11.9. The molecule has 1 heterocycles. The van der Waals surface area contributed by atoms with Crippen molar-refractivity contribution in [3.8, 4) is 0 Å². The fraction of sp³-hybridized carbons (Fsp3) is 0.444. The van der Waals surface area contributed by atoms with E-state index in [-0.39, 0.29) is 23.7 Å². The summed E-state index contributed by atoms with van der Waals surface area (Å²) in [6.45, 7) is 9.40. The Bertz CT molecular complexity index is 742. The van der Waals surface area contributed by atoms with Crippen molar-refractivity contribution in [3.05, 3.63) is 34.8 Å². The molecular formula is C18H25BN2O5. The lowest BCUT2D eigenvalue weighted by atomic mass is 9.77. The van der Waals surface area contributed by atoms with E-state index in [0.29, 0.717) is 11.0 Å². The minimum absolute atomic E-state index is 0.0199. The molecule has 1 aliphatic heterocycles. The molecule has 1 saturated heterocycles. The van der Waals surface area contributed by atoms with Gasteiger partial charge >= 0.3 is 13.1 Å². The Kier molecular flexibility index (Phi) is 5.48. The average molecular weight is 360 g/mol. The largest absolute Gasteiger partial charge is 0.492 e. The molecule has 8 heteroatoms. The van der Waals surface area contributed by atoms with Crippen LogP contribution in [0.3, 0.4) is 0 Å².